The molecule has 1 N–H and O–H groups in total. The molecule has 32 heavy (non-hydrogen) atoms. The van der Waals surface area contributed by atoms with Gasteiger partial charge in [-0.1, -0.05) is 12.1 Å². The van der Waals surface area contributed by atoms with Crippen LogP contribution in [0.15, 0.2) is 35.1 Å². The van der Waals surface area contributed by atoms with Crippen LogP contribution >= 0.6 is 0 Å². The molecule has 1 saturated heterocycles. The van der Waals surface area contributed by atoms with Gasteiger partial charge in [-0.15, -0.1) is 0 Å². The van der Waals surface area contributed by atoms with E-state index in [4.69, 9.17) is 4.98 Å². The number of rotatable bonds is 3. The summed E-state index contributed by atoms with van der Waals surface area (Å²) < 4.78 is 15.8. The van der Waals surface area contributed by atoms with Crippen molar-refractivity contribution < 1.29 is 9.18 Å². The third kappa shape index (κ3) is 3.52. The van der Waals surface area contributed by atoms with Gasteiger partial charge in [0.05, 0.1) is 23.0 Å². The molecular weight excluding hydrogens is 409 g/mol. The highest BCUT2D eigenvalue weighted by Crippen LogP contribution is 2.32. The monoisotopic (exact) mass is 437 g/mol. The van der Waals surface area contributed by atoms with E-state index in [0.717, 1.165) is 42.8 Å². The average molecular weight is 438 g/mol. The fraction of sp³-hybridized carbons (Fsp3) is 0.458. The topological polar surface area (TPSA) is 73.7 Å². The molecule has 2 aromatic heterocycles. The van der Waals surface area contributed by atoms with E-state index < -0.39 is 5.82 Å². The van der Waals surface area contributed by atoms with Crippen LogP contribution in [0.2, 0.25) is 0 Å². The number of aromatic nitrogens is 3. The van der Waals surface area contributed by atoms with Crippen molar-refractivity contribution in [1.82, 2.24) is 24.4 Å². The Hall–Kier alpha value is -3.00. The van der Waals surface area contributed by atoms with Crippen LogP contribution in [0.3, 0.4) is 0 Å². The number of fused-ring (bicyclic) bond motifs is 2. The fourth-order valence-corrected chi connectivity index (χ4v) is 4.93. The lowest BCUT2D eigenvalue weighted by Crippen LogP contribution is -2.40. The van der Waals surface area contributed by atoms with Crippen LogP contribution in [0, 0.1) is 5.82 Å². The van der Waals surface area contributed by atoms with Crippen LogP contribution in [0.5, 0.6) is 0 Å². The molecule has 1 atom stereocenters. The highest BCUT2D eigenvalue weighted by Gasteiger charge is 2.32. The van der Waals surface area contributed by atoms with E-state index in [2.05, 4.69) is 23.8 Å². The highest BCUT2D eigenvalue weighted by atomic mass is 19.1. The maximum atomic E-state index is 14.3. The first-order chi connectivity index (χ1) is 15.4. The SMILES string of the molecule is CC(C)N1CCc2c(nc3cc([C@@H]4CCCCN4C(=O)c4ccccc4F)[nH]n3c2=O)C1. The molecule has 0 unspecified atom stereocenters. The molecule has 0 radical (unpaired) electrons. The lowest BCUT2D eigenvalue weighted by Gasteiger charge is -2.35. The summed E-state index contributed by atoms with van der Waals surface area (Å²) in [5.41, 5.74) is 2.94. The Morgan fingerprint density at radius 2 is 2.03 bits per heavy atom. The van der Waals surface area contributed by atoms with Crippen LogP contribution in [0.1, 0.15) is 66.5 Å². The number of H-pyrrole nitrogens is 1. The molecular formula is C24H28FN5O2. The Morgan fingerprint density at radius 3 is 2.81 bits per heavy atom. The molecule has 2 aliphatic rings. The van der Waals surface area contributed by atoms with Gasteiger partial charge in [-0.3, -0.25) is 19.6 Å². The molecule has 0 spiro atoms. The van der Waals surface area contributed by atoms with Crippen LogP contribution in [0.4, 0.5) is 4.39 Å². The van der Waals surface area contributed by atoms with E-state index in [0.29, 0.717) is 31.2 Å². The predicted molar refractivity (Wildman–Crippen MR) is 119 cm³/mol. The van der Waals surface area contributed by atoms with E-state index >= 15 is 0 Å². The molecule has 0 bridgehead atoms. The van der Waals surface area contributed by atoms with Crippen LogP contribution in [-0.2, 0) is 13.0 Å². The number of hydrogen-bond donors (Lipinski definition) is 1. The number of likely N-dealkylation sites (tertiary alicyclic amines) is 1. The smallest absolute Gasteiger partial charge is 0.276 e. The zero-order valence-corrected chi connectivity index (χ0v) is 18.5. The number of halogens is 1. The molecule has 8 heteroatoms. The standard InChI is InChI=1S/C24H28FN5O2/c1-15(2)28-12-10-17-20(14-28)26-22-13-19(27-30(22)24(17)32)21-9-5-6-11-29(21)23(31)16-7-3-4-8-18(16)25/h3-4,7-8,13,15,21,27H,5-6,9-12,14H2,1-2H3/t21-/m0/s1. The average Bonchev–Trinajstić information content (AvgIpc) is 3.23. The maximum Gasteiger partial charge on any atom is 0.276 e. The van der Waals surface area contributed by atoms with Crippen molar-refractivity contribution in [1.29, 1.82) is 0 Å². The van der Waals surface area contributed by atoms with Crippen LogP contribution in [-0.4, -0.2) is 49.4 Å². The first-order valence-corrected chi connectivity index (χ1v) is 11.4. The third-order valence-corrected chi connectivity index (χ3v) is 6.77. The van der Waals surface area contributed by atoms with E-state index in [1.54, 1.807) is 17.0 Å². The minimum absolute atomic E-state index is 0.0672. The number of carbonyl (C=O) groups is 1. The Morgan fingerprint density at radius 1 is 1.22 bits per heavy atom. The maximum absolute atomic E-state index is 14.3. The Bertz CT molecular complexity index is 1230. The van der Waals surface area contributed by atoms with Gasteiger partial charge in [0.2, 0.25) is 0 Å². The molecule has 1 fully saturated rings. The molecule has 2 aliphatic heterocycles. The van der Waals surface area contributed by atoms with Crippen molar-refractivity contribution >= 4 is 11.6 Å². The molecule has 1 amide bonds. The van der Waals surface area contributed by atoms with Gasteiger partial charge in [0.15, 0.2) is 5.65 Å². The van der Waals surface area contributed by atoms with E-state index in [9.17, 15) is 14.0 Å². The van der Waals surface area contributed by atoms with Gasteiger partial charge in [0, 0.05) is 37.3 Å². The quantitative estimate of drug-likeness (QED) is 0.682. The second-order valence-corrected chi connectivity index (χ2v) is 9.05. The first kappa shape index (κ1) is 20.9. The summed E-state index contributed by atoms with van der Waals surface area (Å²) in [5, 5.41) is 3.21. The van der Waals surface area contributed by atoms with Gasteiger partial charge in [-0.05, 0) is 51.7 Å². The zero-order valence-electron chi connectivity index (χ0n) is 18.5. The van der Waals surface area contributed by atoms with E-state index in [1.165, 1.54) is 16.6 Å². The molecule has 1 aromatic carbocycles. The van der Waals surface area contributed by atoms with Gasteiger partial charge < -0.3 is 4.90 Å². The summed E-state index contributed by atoms with van der Waals surface area (Å²) >= 11 is 0. The van der Waals surface area contributed by atoms with Crippen molar-refractivity contribution in [2.24, 2.45) is 0 Å². The molecule has 4 heterocycles. The molecule has 0 aliphatic carbocycles. The van der Waals surface area contributed by atoms with Crippen molar-refractivity contribution in [3.8, 4) is 0 Å². The van der Waals surface area contributed by atoms with Crippen LogP contribution in [0.25, 0.3) is 5.65 Å². The number of aromatic amines is 1. The second kappa shape index (κ2) is 8.16. The van der Waals surface area contributed by atoms with Gasteiger partial charge >= 0.3 is 0 Å². The van der Waals surface area contributed by atoms with Crippen molar-refractivity contribution in [2.75, 3.05) is 13.1 Å². The summed E-state index contributed by atoms with van der Waals surface area (Å²) in [6.07, 6.45) is 3.26. The molecule has 168 valence electrons. The van der Waals surface area contributed by atoms with Gasteiger partial charge in [-0.25, -0.2) is 13.9 Å². The first-order valence-electron chi connectivity index (χ1n) is 11.4. The summed E-state index contributed by atoms with van der Waals surface area (Å²) in [4.78, 5) is 35.2. The van der Waals surface area contributed by atoms with Crippen molar-refractivity contribution in [3.05, 3.63) is 69.0 Å². The van der Waals surface area contributed by atoms with Gasteiger partial charge in [0.1, 0.15) is 5.82 Å². The molecule has 5 rings (SSSR count). The van der Waals surface area contributed by atoms with E-state index in [-0.39, 0.29) is 23.1 Å². The molecule has 3 aromatic rings. The number of piperidine rings is 1. The number of nitrogens with one attached hydrogen (secondary N) is 1. The Labute approximate surface area is 185 Å². The summed E-state index contributed by atoms with van der Waals surface area (Å²) in [6.45, 7) is 6.36. The Balaban J connectivity index is 1.52. The van der Waals surface area contributed by atoms with Crippen LogP contribution < -0.4 is 5.56 Å². The summed E-state index contributed by atoms with van der Waals surface area (Å²) in [5.74, 6) is -0.836. The predicted octanol–water partition coefficient (Wildman–Crippen LogP) is 3.30. The largest absolute Gasteiger partial charge is 0.330 e. The third-order valence-electron chi connectivity index (χ3n) is 6.77. The minimum atomic E-state index is -0.515. The van der Waals surface area contributed by atoms with Gasteiger partial charge in [0.25, 0.3) is 11.5 Å². The fourth-order valence-electron chi connectivity index (χ4n) is 4.93. The highest BCUT2D eigenvalue weighted by molar-refractivity contribution is 5.94. The number of carbonyl (C=O) groups excluding carboxylic acids is 1. The number of amides is 1. The Kier molecular flexibility index (Phi) is 5.33. The normalized spacial score (nSPS) is 19.5. The van der Waals surface area contributed by atoms with Crippen molar-refractivity contribution in [3.63, 3.8) is 0 Å². The number of benzene rings is 1. The van der Waals surface area contributed by atoms with Crippen molar-refractivity contribution in [2.45, 2.75) is 58.2 Å². The molecule has 7 nitrogen and oxygen atoms in total. The van der Waals surface area contributed by atoms with Gasteiger partial charge in [-0.2, -0.15) is 0 Å². The van der Waals surface area contributed by atoms with E-state index in [1.807, 2.05) is 6.07 Å². The zero-order chi connectivity index (χ0) is 22.4. The second-order valence-electron chi connectivity index (χ2n) is 9.05. The minimum Gasteiger partial charge on any atom is -0.330 e. The summed E-state index contributed by atoms with van der Waals surface area (Å²) in [7, 11) is 0. The lowest BCUT2D eigenvalue weighted by atomic mass is 9.98. The molecule has 0 saturated carbocycles. The lowest BCUT2D eigenvalue weighted by molar-refractivity contribution is 0.0601. The number of nitrogens with zero attached hydrogens (tertiary/aromatic N) is 4. The number of hydrogen-bond acceptors (Lipinski definition) is 4. The summed E-state index contributed by atoms with van der Waals surface area (Å²) in [6, 6.07) is 8.10.